The maximum absolute atomic E-state index is 6.00. The van der Waals surface area contributed by atoms with Gasteiger partial charge in [0.25, 0.3) is 0 Å². The summed E-state index contributed by atoms with van der Waals surface area (Å²) in [5.74, 6) is 0. The predicted molar refractivity (Wildman–Crippen MR) is 176 cm³/mol. The highest BCUT2D eigenvalue weighted by Crippen LogP contribution is 2.42. The zero-order valence-corrected chi connectivity index (χ0v) is 23.3. The second kappa shape index (κ2) is 12.3. The summed E-state index contributed by atoms with van der Waals surface area (Å²) in [6.45, 7) is 6.13. The Kier molecular flexibility index (Phi) is 8.18. The molecule has 0 radical (unpaired) electrons. The lowest BCUT2D eigenvalue weighted by atomic mass is 9.85. The Bertz CT molecular complexity index is 1740. The summed E-state index contributed by atoms with van der Waals surface area (Å²) in [4.78, 5) is 4.47. The molecule has 1 heterocycles. The minimum atomic E-state index is 0.965. The van der Waals surface area contributed by atoms with Crippen LogP contribution in [0.2, 0.25) is 0 Å². The van der Waals surface area contributed by atoms with E-state index in [1.165, 1.54) is 38.2 Å². The zero-order valence-electron chi connectivity index (χ0n) is 23.3. The van der Waals surface area contributed by atoms with E-state index >= 15 is 0 Å². The van der Waals surface area contributed by atoms with E-state index < -0.39 is 0 Å². The third-order valence-corrected chi connectivity index (χ3v) is 7.32. The van der Waals surface area contributed by atoms with Crippen molar-refractivity contribution in [1.82, 2.24) is 0 Å². The number of allylic oxidation sites excluding steroid dienone is 13. The second-order valence-electron chi connectivity index (χ2n) is 9.81. The largest absolute Gasteiger partial charge is 0.404 e. The lowest BCUT2D eigenvalue weighted by molar-refractivity contribution is 1.32. The van der Waals surface area contributed by atoms with E-state index in [0.29, 0.717) is 0 Å². The van der Waals surface area contributed by atoms with Gasteiger partial charge in [0.05, 0.1) is 0 Å². The van der Waals surface area contributed by atoms with E-state index in [1.54, 1.807) is 6.20 Å². The van der Waals surface area contributed by atoms with Crippen molar-refractivity contribution in [2.75, 3.05) is 0 Å². The summed E-state index contributed by atoms with van der Waals surface area (Å²) in [6.07, 6.45) is 22.2. The van der Waals surface area contributed by atoms with Gasteiger partial charge in [-0.05, 0) is 93.4 Å². The molecule has 2 heteroatoms. The van der Waals surface area contributed by atoms with Crippen LogP contribution in [0.4, 0.5) is 0 Å². The van der Waals surface area contributed by atoms with Crippen molar-refractivity contribution >= 4 is 38.9 Å². The minimum absolute atomic E-state index is 0.965. The molecule has 0 aromatic heterocycles. The number of nitrogens with zero attached hydrogens (tertiary/aromatic N) is 1. The van der Waals surface area contributed by atoms with Gasteiger partial charge in [-0.2, -0.15) is 0 Å². The fourth-order valence-electron chi connectivity index (χ4n) is 5.23. The predicted octanol–water partition coefficient (Wildman–Crippen LogP) is 9.97. The number of hydrogen-bond donors (Lipinski definition) is 1. The Hall–Kier alpha value is -4.95. The van der Waals surface area contributed by atoms with Crippen molar-refractivity contribution in [2.24, 2.45) is 10.7 Å². The number of rotatable bonds is 4. The molecule has 5 rings (SSSR count). The topological polar surface area (TPSA) is 38.4 Å². The number of aliphatic imine (C=N–C) groups is 1. The van der Waals surface area contributed by atoms with Gasteiger partial charge in [0.2, 0.25) is 0 Å². The highest BCUT2D eigenvalue weighted by atomic mass is 14.7. The molecule has 1 aliphatic rings. The molecule has 0 amide bonds. The molecule has 196 valence electrons. The average molecular weight is 519 g/mol. The molecule has 0 saturated carbocycles. The van der Waals surface area contributed by atoms with Crippen LogP contribution in [0.5, 0.6) is 0 Å². The van der Waals surface area contributed by atoms with Gasteiger partial charge in [-0.3, -0.25) is 4.99 Å². The second-order valence-corrected chi connectivity index (χ2v) is 9.81. The Morgan fingerprint density at radius 1 is 0.700 bits per heavy atom. The summed E-state index contributed by atoms with van der Waals surface area (Å²) < 4.78 is 0. The van der Waals surface area contributed by atoms with Gasteiger partial charge < -0.3 is 5.73 Å². The number of fused-ring (bicyclic) bond motifs is 2. The van der Waals surface area contributed by atoms with Crippen molar-refractivity contribution in [1.29, 1.82) is 0 Å². The van der Waals surface area contributed by atoms with E-state index in [0.717, 1.165) is 28.0 Å². The molecule has 0 atom stereocenters. The average Bonchev–Trinajstić information content (AvgIpc) is 2.98. The van der Waals surface area contributed by atoms with Crippen molar-refractivity contribution in [3.8, 4) is 11.1 Å². The van der Waals surface area contributed by atoms with Crippen LogP contribution in [-0.2, 0) is 0 Å². The Morgan fingerprint density at radius 2 is 1.30 bits per heavy atom. The number of nitrogens with two attached hydrogens (primary N) is 1. The van der Waals surface area contributed by atoms with Gasteiger partial charge in [-0.1, -0.05) is 115 Å². The van der Waals surface area contributed by atoms with Gasteiger partial charge in [0, 0.05) is 18.1 Å². The van der Waals surface area contributed by atoms with Crippen LogP contribution < -0.4 is 5.73 Å². The van der Waals surface area contributed by atoms with Crippen LogP contribution >= 0.6 is 0 Å². The lowest BCUT2D eigenvalue weighted by Crippen LogP contribution is -1.94. The minimum Gasteiger partial charge on any atom is -0.404 e. The Labute approximate surface area is 237 Å². The maximum Gasteiger partial charge on any atom is 0.0372 e. The maximum atomic E-state index is 6.00. The van der Waals surface area contributed by atoms with Crippen molar-refractivity contribution in [2.45, 2.75) is 20.8 Å². The molecule has 0 unspecified atom stereocenters. The highest BCUT2D eigenvalue weighted by Gasteiger charge is 2.17. The molecule has 4 aromatic carbocycles. The monoisotopic (exact) mass is 518 g/mol. The standard InChI is InChI=1S/C38H34N2/c1-4-27(2)36(26-39)29-21-23-31(24-22-29)38-34-19-10-8-17-32(34)37(33-18-9-11-20-35(33)38)30-15-7-5-6-14-28(3)40-25-13-12-16-30/h4-26H,39H2,1-3H3/b6-5+,7-5?,13-12-,14-6?,15-7-,16-12?,25-13?,27-4-,28-14+,30-15?,30-16+,36-26+,40-25-,40-28?. The fraction of sp³-hybridized carbons (Fsp3) is 0.0789. The third-order valence-electron chi connectivity index (χ3n) is 7.32. The molecule has 0 aliphatic carbocycles. The van der Waals surface area contributed by atoms with Gasteiger partial charge in [0.1, 0.15) is 0 Å². The molecule has 1 aliphatic heterocycles. The lowest BCUT2D eigenvalue weighted by Gasteiger charge is -2.18. The van der Waals surface area contributed by atoms with Gasteiger partial charge in [-0.15, -0.1) is 0 Å². The normalized spacial score (nSPS) is 20.5. The van der Waals surface area contributed by atoms with Crippen LogP contribution in [0.1, 0.15) is 31.9 Å². The van der Waals surface area contributed by atoms with Crippen LogP contribution in [0, 0.1) is 0 Å². The van der Waals surface area contributed by atoms with Crippen molar-refractivity contribution < 1.29 is 0 Å². The van der Waals surface area contributed by atoms with Gasteiger partial charge in [-0.25, -0.2) is 0 Å². The molecule has 2 N–H and O–H groups in total. The molecular weight excluding hydrogens is 484 g/mol. The van der Waals surface area contributed by atoms with Crippen LogP contribution in [0.15, 0.2) is 150 Å². The summed E-state index contributed by atoms with van der Waals surface area (Å²) in [7, 11) is 0. The van der Waals surface area contributed by atoms with E-state index in [9.17, 15) is 0 Å². The SMILES string of the molecule is C/C=C(C)\C(=C/N)c1ccc(-c2c3ccccc3c(C3=C/C=C\C=N/C(C)=C/C=C/C=C\3)c3ccccc23)cc1. The first-order valence-electron chi connectivity index (χ1n) is 13.6. The van der Waals surface area contributed by atoms with E-state index in [4.69, 9.17) is 5.73 Å². The van der Waals surface area contributed by atoms with Crippen LogP contribution in [0.3, 0.4) is 0 Å². The Morgan fingerprint density at radius 3 is 1.90 bits per heavy atom. The quantitative estimate of drug-likeness (QED) is 0.212. The van der Waals surface area contributed by atoms with Gasteiger partial charge >= 0.3 is 0 Å². The molecule has 0 bridgehead atoms. The van der Waals surface area contributed by atoms with E-state index in [-0.39, 0.29) is 0 Å². The van der Waals surface area contributed by atoms with Crippen LogP contribution in [-0.4, -0.2) is 6.21 Å². The van der Waals surface area contributed by atoms with Crippen molar-refractivity contribution in [3.05, 3.63) is 156 Å². The molecule has 0 spiro atoms. The fourth-order valence-corrected chi connectivity index (χ4v) is 5.23. The summed E-state index contributed by atoms with van der Waals surface area (Å²) in [5, 5.41) is 4.89. The van der Waals surface area contributed by atoms with E-state index in [1.807, 2.05) is 38.3 Å². The summed E-state index contributed by atoms with van der Waals surface area (Å²) >= 11 is 0. The first-order chi connectivity index (χ1) is 19.6. The molecular formula is C38H34N2. The Balaban J connectivity index is 1.74. The molecule has 0 fully saturated rings. The number of benzene rings is 4. The highest BCUT2D eigenvalue weighted by molar-refractivity contribution is 6.19. The van der Waals surface area contributed by atoms with E-state index in [2.05, 4.69) is 121 Å². The third kappa shape index (κ3) is 5.43. The zero-order chi connectivity index (χ0) is 27.9. The van der Waals surface area contributed by atoms with Crippen molar-refractivity contribution in [3.63, 3.8) is 0 Å². The molecule has 40 heavy (non-hydrogen) atoms. The smallest absolute Gasteiger partial charge is 0.0372 e. The van der Waals surface area contributed by atoms with Crippen LogP contribution in [0.25, 0.3) is 43.8 Å². The first-order valence-corrected chi connectivity index (χ1v) is 13.6. The first kappa shape index (κ1) is 26.6. The summed E-state index contributed by atoms with van der Waals surface area (Å²) in [5.41, 5.74) is 15.1. The molecule has 4 aromatic rings. The van der Waals surface area contributed by atoms with Gasteiger partial charge in [0.15, 0.2) is 0 Å². The molecule has 0 saturated heterocycles. The number of hydrogen-bond acceptors (Lipinski definition) is 2. The summed E-state index contributed by atoms with van der Waals surface area (Å²) in [6, 6.07) is 26.2. The molecule has 2 nitrogen and oxygen atoms in total.